The molecule has 0 radical (unpaired) electrons. The number of allylic oxidation sites excluding steroid dienone is 1. The minimum absolute atomic E-state index is 0.0327. The van der Waals surface area contributed by atoms with Crippen LogP contribution in [0.5, 0.6) is 0 Å². The average molecular weight is 382 g/mol. The molecule has 2 heterocycles. The Labute approximate surface area is 162 Å². The lowest BCUT2D eigenvalue weighted by Crippen LogP contribution is -2.26. The van der Waals surface area contributed by atoms with E-state index in [1.165, 1.54) is 23.1 Å². The smallest absolute Gasteiger partial charge is 0.377 e. The number of hydrogen-bond acceptors (Lipinski definition) is 2. The third-order valence-corrected chi connectivity index (χ3v) is 5.29. The van der Waals surface area contributed by atoms with Crippen LogP contribution in [0.25, 0.3) is 10.8 Å². The lowest BCUT2D eigenvalue weighted by molar-refractivity contribution is -0.137. The average Bonchev–Trinajstić information content (AvgIpc) is 2.72. The van der Waals surface area contributed by atoms with E-state index in [4.69, 9.17) is 0 Å². The van der Waals surface area contributed by atoms with E-state index in [0.29, 0.717) is 0 Å². The summed E-state index contributed by atoms with van der Waals surface area (Å²) >= 11 is 0. The SMILES string of the molecule is FC(F)(F)c1cccc(C2C=CN(CCc3ccc4ccncc4c3)CC2)c1. The van der Waals surface area contributed by atoms with Gasteiger partial charge in [-0.3, -0.25) is 4.98 Å². The van der Waals surface area contributed by atoms with E-state index in [1.807, 2.05) is 24.5 Å². The van der Waals surface area contributed by atoms with Crippen LogP contribution in [-0.2, 0) is 12.6 Å². The number of benzene rings is 2. The van der Waals surface area contributed by atoms with Crippen molar-refractivity contribution in [2.45, 2.75) is 24.9 Å². The van der Waals surface area contributed by atoms with Crippen molar-refractivity contribution >= 4 is 10.8 Å². The molecule has 1 aromatic heterocycles. The van der Waals surface area contributed by atoms with E-state index < -0.39 is 11.7 Å². The van der Waals surface area contributed by atoms with Gasteiger partial charge in [0.15, 0.2) is 0 Å². The normalized spacial score (nSPS) is 17.2. The second-order valence-corrected chi connectivity index (χ2v) is 7.20. The predicted octanol–water partition coefficient (Wildman–Crippen LogP) is 5.80. The molecular weight excluding hydrogens is 361 g/mol. The minimum Gasteiger partial charge on any atom is -0.377 e. The van der Waals surface area contributed by atoms with E-state index in [9.17, 15) is 13.2 Å². The van der Waals surface area contributed by atoms with Crippen molar-refractivity contribution in [2.24, 2.45) is 0 Å². The zero-order valence-electron chi connectivity index (χ0n) is 15.4. The van der Waals surface area contributed by atoms with Gasteiger partial charge in [0.25, 0.3) is 0 Å². The highest BCUT2D eigenvalue weighted by Gasteiger charge is 2.31. The number of nitrogens with zero attached hydrogens (tertiary/aromatic N) is 2. The topological polar surface area (TPSA) is 16.1 Å². The van der Waals surface area contributed by atoms with Crippen molar-refractivity contribution in [3.05, 3.63) is 89.9 Å². The monoisotopic (exact) mass is 382 g/mol. The van der Waals surface area contributed by atoms with Crippen LogP contribution >= 0.6 is 0 Å². The van der Waals surface area contributed by atoms with Crippen molar-refractivity contribution in [1.29, 1.82) is 0 Å². The van der Waals surface area contributed by atoms with E-state index in [0.717, 1.165) is 42.9 Å². The number of pyridine rings is 1. The highest BCUT2D eigenvalue weighted by Crippen LogP contribution is 2.33. The Morgan fingerprint density at radius 3 is 2.71 bits per heavy atom. The first-order valence-electron chi connectivity index (χ1n) is 9.41. The van der Waals surface area contributed by atoms with E-state index >= 15 is 0 Å². The molecule has 2 nitrogen and oxygen atoms in total. The Morgan fingerprint density at radius 1 is 1.04 bits per heavy atom. The largest absolute Gasteiger partial charge is 0.416 e. The summed E-state index contributed by atoms with van der Waals surface area (Å²) in [7, 11) is 0. The summed E-state index contributed by atoms with van der Waals surface area (Å²) in [6.07, 6.45) is 5.15. The number of halogens is 3. The first kappa shape index (κ1) is 18.5. The van der Waals surface area contributed by atoms with Crippen LogP contribution in [0.15, 0.2) is 73.2 Å². The predicted molar refractivity (Wildman–Crippen MR) is 105 cm³/mol. The quantitative estimate of drug-likeness (QED) is 0.567. The molecule has 4 rings (SSSR count). The molecule has 0 N–H and O–H groups in total. The van der Waals surface area contributed by atoms with Gasteiger partial charge < -0.3 is 4.90 Å². The van der Waals surface area contributed by atoms with E-state index in [1.54, 1.807) is 12.3 Å². The molecule has 0 bridgehead atoms. The van der Waals surface area contributed by atoms with Gasteiger partial charge in [-0.25, -0.2) is 0 Å². The molecule has 3 aromatic rings. The summed E-state index contributed by atoms with van der Waals surface area (Å²) in [4.78, 5) is 6.40. The zero-order valence-corrected chi connectivity index (χ0v) is 15.4. The van der Waals surface area contributed by atoms with Crippen molar-refractivity contribution < 1.29 is 13.2 Å². The van der Waals surface area contributed by atoms with Gasteiger partial charge >= 0.3 is 6.18 Å². The lowest BCUT2D eigenvalue weighted by atomic mass is 9.92. The van der Waals surface area contributed by atoms with Crippen LogP contribution in [0.3, 0.4) is 0 Å². The molecule has 2 aromatic carbocycles. The van der Waals surface area contributed by atoms with Crippen LogP contribution in [0.1, 0.15) is 29.0 Å². The van der Waals surface area contributed by atoms with E-state index in [2.05, 4.69) is 28.1 Å². The van der Waals surface area contributed by atoms with E-state index in [-0.39, 0.29) is 5.92 Å². The maximum Gasteiger partial charge on any atom is 0.416 e. The van der Waals surface area contributed by atoms with Gasteiger partial charge in [0.1, 0.15) is 0 Å². The Kier molecular flexibility index (Phi) is 5.07. The maximum atomic E-state index is 12.9. The molecule has 0 aliphatic carbocycles. The molecule has 5 heteroatoms. The number of alkyl halides is 3. The molecule has 0 saturated heterocycles. The van der Waals surface area contributed by atoms with Crippen molar-refractivity contribution in [3.63, 3.8) is 0 Å². The number of hydrogen-bond donors (Lipinski definition) is 0. The highest BCUT2D eigenvalue weighted by atomic mass is 19.4. The van der Waals surface area contributed by atoms with Crippen LogP contribution in [0.2, 0.25) is 0 Å². The Bertz CT molecular complexity index is 994. The van der Waals surface area contributed by atoms with Gasteiger partial charge in [0.05, 0.1) is 5.56 Å². The van der Waals surface area contributed by atoms with Gasteiger partial charge in [0.2, 0.25) is 0 Å². The Balaban J connectivity index is 1.38. The third kappa shape index (κ3) is 4.19. The molecule has 1 unspecified atom stereocenters. The van der Waals surface area contributed by atoms with Crippen molar-refractivity contribution in [1.82, 2.24) is 9.88 Å². The molecule has 144 valence electrons. The van der Waals surface area contributed by atoms with Gasteiger partial charge in [0, 0.05) is 36.8 Å². The molecule has 1 aliphatic rings. The van der Waals surface area contributed by atoms with Gasteiger partial charge in [-0.15, -0.1) is 0 Å². The first-order valence-corrected chi connectivity index (χ1v) is 9.41. The molecule has 0 fully saturated rings. The van der Waals surface area contributed by atoms with Gasteiger partial charge in [-0.1, -0.05) is 36.4 Å². The fourth-order valence-electron chi connectivity index (χ4n) is 3.67. The third-order valence-electron chi connectivity index (χ3n) is 5.29. The lowest BCUT2D eigenvalue weighted by Gasteiger charge is -2.28. The summed E-state index contributed by atoms with van der Waals surface area (Å²) < 4.78 is 38.8. The fourth-order valence-corrected chi connectivity index (χ4v) is 3.67. The molecular formula is C23H21F3N2. The van der Waals surface area contributed by atoms with Crippen LogP contribution < -0.4 is 0 Å². The molecule has 28 heavy (non-hydrogen) atoms. The van der Waals surface area contributed by atoms with Gasteiger partial charge in [-0.05, 0) is 53.8 Å². The summed E-state index contributed by atoms with van der Waals surface area (Å²) in [5, 5.41) is 2.32. The number of fused-ring (bicyclic) bond motifs is 1. The second-order valence-electron chi connectivity index (χ2n) is 7.20. The molecule has 0 saturated carbocycles. The molecule has 0 spiro atoms. The first-order chi connectivity index (χ1) is 13.5. The molecule has 1 atom stereocenters. The Morgan fingerprint density at radius 2 is 1.93 bits per heavy atom. The van der Waals surface area contributed by atoms with Crippen molar-refractivity contribution in [2.75, 3.05) is 13.1 Å². The van der Waals surface area contributed by atoms with Gasteiger partial charge in [-0.2, -0.15) is 13.2 Å². The number of rotatable bonds is 4. The fraction of sp³-hybridized carbons (Fsp3) is 0.261. The van der Waals surface area contributed by atoms with Crippen LogP contribution in [-0.4, -0.2) is 23.0 Å². The minimum atomic E-state index is -4.30. The van der Waals surface area contributed by atoms with Crippen LogP contribution in [0, 0.1) is 0 Å². The molecule has 1 aliphatic heterocycles. The second kappa shape index (κ2) is 7.66. The maximum absolute atomic E-state index is 12.9. The van der Waals surface area contributed by atoms with Crippen molar-refractivity contribution in [3.8, 4) is 0 Å². The Hall–Kier alpha value is -2.82. The highest BCUT2D eigenvalue weighted by molar-refractivity contribution is 5.81. The summed E-state index contributed by atoms with van der Waals surface area (Å²) in [6, 6.07) is 14.1. The van der Waals surface area contributed by atoms with Crippen LogP contribution in [0.4, 0.5) is 13.2 Å². The standard InChI is InChI=1S/C23H21F3N2/c24-23(25,26)22-3-1-2-20(15-22)19-8-12-28(13-9-19)11-7-17-4-5-18-6-10-27-16-21(18)14-17/h1-6,8,10,12,14-16,19H,7,9,11,13H2. The number of aromatic nitrogens is 1. The summed E-state index contributed by atoms with van der Waals surface area (Å²) in [6.45, 7) is 1.73. The summed E-state index contributed by atoms with van der Waals surface area (Å²) in [5.41, 5.74) is 1.41. The molecule has 0 amide bonds. The zero-order chi connectivity index (χ0) is 19.6. The summed E-state index contributed by atoms with van der Waals surface area (Å²) in [5.74, 6) is 0.0327.